The number of carbonyl (C=O) groups is 1. The van der Waals surface area contributed by atoms with Crippen LogP contribution in [0, 0.1) is 6.92 Å². The van der Waals surface area contributed by atoms with Crippen molar-refractivity contribution in [1.82, 2.24) is 14.8 Å². The van der Waals surface area contributed by atoms with Gasteiger partial charge in [-0.25, -0.2) is 0 Å². The van der Waals surface area contributed by atoms with E-state index in [0.29, 0.717) is 11.4 Å². The van der Waals surface area contributed by atoms with Crippen LogP contribution in [0.1, 0.15) is 21.7 Å². The van der Waals surface area contributed by atoms with E-state index in [0.717, 1.165) is 5.56 Å². The Kier molecular flexibility index (Phi) is 2.33. The molecule has 0 spiro atoms. The molecule has 0 aliphatic heterocycles. The van der Waals surface area contributed by atoms with Crippen molar-refractivity contribution in [3.8, 4) is 0 Å². The van der Waals surface area contributed by atoms with Gasteiger partial charge in [-0.3, -0.25) is 14.5 Å². The predicted molar refractivity (Wildman–Crippen MR) is 55.6 cm³/mol. The first-order valence-corrected chi connectivity index (χ1v) is 4.64. The van der Waals surface area contributed by atoms with Gasteiger partial charge < -0.3 is 0 Å². The summed E-state index contributed by atoms with van der Waals surface area (Å²) in [4.78, 5) is 16.1. The molecule has 2 aromatic rings. The number of ketones is 1. The fourth-order valence-electron chi connectivity index (χ4n) is 1.44. The first-order valence-electron chi connectivity index (χ1n) is 4.64. The van der Waals surface area contributed by atoms with Crippen LogP contribution in [0.15, 0.2) is 30.6 Å². The summed E-state index contributed by atoms with van der Waals surface area (Å²) in [5.41, 5.74) is 1.92. The summed E-state index contributed by atoms with van der Waals surface area (Å²) < 4.78 is 1.55. The van der Waals surface area contributed by atoms with Gasteiger partial charge >= 0.3 is 0 Å². The molecule has 0 saturated heterocycles. The van der Waals surface area contributed by atoms with Crippen LogP contribution in [0.3, 0.4) is 0 Å². The standard InChI is InChI=1S/C11H11N3O/c1-8-4-3-6-12-10(8)11(15)9-5-7-13-14(9)2/h3-7H,1-2H3. The minimum absolute atomic E-state index is 0.0897. The lowest BCUT2D eigenvalue weighted by Gasteiger charge is -2.03. The van der Waals surface area contributed by atoms with E-state index in [1.54, 1.807) is 30.2 Å². The summed E-state index contributed by atoms with van der Waals surface area (Å²) in [6, 6.07) is 5.38. The molecule has 4 nitrogen and oxygen atoms in total. The molecule has 0 radical (unpaired) electrons. The molecule has 0 amide bonds. The Balaban J connectivity index is 2.46. The first kappa shape index (κ1) is 9.58. The smallest absolute Gasteiger partial charge is 0.229 e. The molecule has 15 heavy (non-hydrogen) atoms. The zero-order valence-electron chi connectivity index (χ0n) is 8.64. The van der Waals surface area contributed by atoms with Gasteiger partial charge in [-0.2, -0.15) is 5.10 Å². The van der Waals surface area contributed by atoms with Crippen LogP contribution in [0.25, 0.3) is 0 Å². The van der Waals surface area contributed by atoms with E-state index in [2.05, 4.69) is 10.1 Å². The van der Waals surface area contributed by atoms with Crippen LogP contribution >= 0.6 is 0 Å². The zero-order chi connectivity index (χ0) is 10.8. The van der Waals surface area contributed by atoms with Gasteiger partial charge in [0.25, 0.3) is 0 Å². The number of aromatic nitrogens is 3. The monoisotopic (exact) mass is 201 g/mol. The Morgan fingerprint density at radius 1 is 1.33 bits per heavy atom. The topological polar surface area (TPSA) is 47.8 Å². The van der Waals surface area contributed by atoms with Gasteiger partial charge in [0.05, 0.1) is 0 Å². The number of hydrogen-bond acceptors (Lipinski definition) is 3. The van der Waals surface area contributed by atoms with Crippen LogP contribution in [-0.4, -0.2) is 20.5 Å². The molecule has 0 saturated carbocycles. The van der Waals surface area contributed by atoms with Crippen LogP contribution in [0.4, 0.5) is 0 Å². The quantitative estimate of drug-likeness (QED) is 0.689. The molecule has 0 bridgehead atoms. The lowest BCUT2D eigenvalue weighted by molar-refractivity contribution is 0.102. The van der Waals surface area contributed by atoms with E-state index in [1.807, 2.05) is 19.1 Å². The van der Waals surface area contributed by atoms with Gasteiger partial charge in [0.2, 0.25) is 5.78 Å². The summed E-state index contributed by atoms with van der Waals surface area (Å²) >= 11 is 0. The van der Waals surface area contributed by atoms with E-state index >= 15 is 0 Å². The fraction of sp³-hybridized carbons (Fsp3) is 0.182. The van der Waals surface area contributed by atoms with Crippen molar-refractivity contribution < 1.29 is 4.79 Å². The van der Waals surface area contributed by atoms with Gasteiger partial charge in [-0.05, 0) is 24.6 Å². The highest BCUT2D eigenvalue weighted by atomic mass is 16.1. The molecule has 4 heteroatoms. The number of pyridine rings is 1. The van der Waals surface area contributed by atoms with E-state index in [9.17, 15) is 4.79 Å². The van der Waals surface area contributed by atoms with Gasteiger partial charge in [-0.15, -0.1) is 0 Å². The molecule has 0 aromatic carbocycles. The van der Waals surface area contributed by atoms with E-state index in [1.165, 1.54) is 0 Å². The second-order valence-electron chi connectivity index (χ2n) is 3.34. The summed E-state index contributed by atoms with van der Waals surface area (Å²) in [6.07, 6.45) is 3.22. The average molecular weight is 201 g/mol. The number of carbonyl (C=O) groups excluding carboxylic acids is 1. The normalized spacial score (nSPS) is 10.3. The Hall–Kier alpha value is -1.97. The molecule has 2 aromatic heterocycles. The molecular formula is C11H11N3O. The molecule has 0 unspecified atom stereocenters. The van der Waals surface area contributed by atoms with Crippen molar-refractivity contribution in [1.29, 1.82) is 0 Å². The summed E-state index contributed by atoms with van der Waals surface area (Å²) in [5, 5.41) is 3.96. The molecule has 0 aliphatic carbocycles. The number of aryl methyl sites for hydroxylation is 2. The summed E-state index contributed by atoms with van der Waals surface area (Å²) in [7, 11) is 1.74. The average Bonchev–Trinajstić information content (AvgIpc) is 2.64. The maximum Gasteiger partial charge on any atom is 0.229 e. The lowest BCUT2D eigenvalue weighted by atomic mass is 10.1. The third-order valence-corrected chi connectivity index (χ3v) is 2.28. The van der Waals surface area contributed by atoms with Crippen LogP contribution in [0.5, 0.6) is 0 Å². The fourth-order valence-corrected chi connectivity index (χ4v) is 1.44. The van der Waals surface area contributed by atoms with Gasteiger partial charge in [0.1, 0.15) is 11.4 Å². The van der Waals surface area contributed by atoms with Crippen molar-refractivity contribution in [3.63, 3.8) is 0 Å². The highest BCUT2D eigenvalue weighted by molar-refractivity contribution is 6.07. The maximum absolute atomic E-state index is 12.0. The van der Waals surface area contributed by atoms with E-state index in [4.69, 9.17) is 0 Å². The number of hydrogen-bond donors (Lipinski definition) is 0. The van der Waals surface area contributed by atoms with E-state index in [-0.39, 0.29) is 5.78 Å². The number of rotatable bonds is 2. The molecule has 2 rings (SSSR count). The molecule has 76 valence electrons. The molecule has 0 aliphatic rings. The van der Waals surface area contributed by atoms with Crippen LogP contribution in [-0.2, 0) is 7.05 Å². The Bertz CT molecular complexity index is 502. The third-order valence-electron chi connectivity index (χ3n) is 2.28. The van der Waals surface area contributed by atoms with Crippen molar-refractivity contribution in [3.05, 3.63) is 47.5 Å². The minimum atomic E-state index is -0.0897. The Morgan fingerprint density at radius 3 is 2.73 bits per heavy atom. The maximum atomic E-state index is 12.0. The minimum Gasteiger partial charge on any atom is -0.285 e. The van der Waals surface area contributed by atoms with Crippen molar-refractivity contribution >= 4 is 5.78 Å². The second kappa shape index (κ2) is 3.65. The van der Waals surface area contributed by atoms with Gasteiger partial charge in [-0.1, -0.05) is 6.07 Å². The predicted octanol–water partition coefficient (Wildman–Crippen LogP) is 1.35. The highest BCUT2D eigenvalue weighted by Crippen LogP contribution is 2.10. The highest BCUT2D eigenvalue weighted by Gasteiger charge is 2.15. The Labute approximate surface area is 87.6 Å². The van der Waals surface area contributed by atoms with Gasteiger partial charge in [0.15, 0.2) is 0 Å². The first-order chi connectivity index (χ1) is 7.20. The van der Waals surface area contributed by atoms with Crippen molar-refractivity contribution in [2.24, 2.45) is 7.05 Å². The summed E-state index contributed by atoms with van der Waals surface area (Å²) in [5.74, 6) is -0.0897. The Morgan fingerprint density at radius 2 is 2.13 bits per heavy atom. The van der Waals surface area contributed by atoms with Crippen molar-refractivity contribution in [2.45, 2.75) is 6.92 Å². The molecule has 0 N–H and O–H groups in total. The molecule has 0 atom stereocenters. The summed E-state index contributed by atoms with van der Waals surface area (Å²) in [6.45, 7) is 1.87. The van der Waals surface area contributed by atoms with Crippen LogP contribution < -0.4 is 0 Å². The zero-order valence-corrected chi connectivity index (χ0v) is 8.64. The molecule has 0 fully saturated rings. The lowest BCUT2D eigenvalue weighted by Crippen LogP contribution is -2.11. The second-order valence-corrected chi connectivity index (χ2v) is 3.34. The SMILES string of the molecule is Cc1cccnc1C(=O)c1ccnn1C. The third kappa shape index (κ3) is 1.66. The number of nitrogens with zero attached hydrogens (tertiary/aromatic N) is 3. The van der Waals surface area contributed by atoms with Crippen LogP contribution in [0.2, 0.25) is 0 Å². The van der Waals surface area contributed by atoms with Crippen molar-refractivity contribution in [2.75, 3.05) is 0 Å². The largest absolute Gasteiger partial charge is 0.285 e. The van der Waals surface area contributed by atoms with Gasteiger partial charge in [0, 0.05) is 19.4 Å². The molecule has 2 heterocycles. The molecular weight excluding hydrogens is 190 g/mol. The van der Waals surface area contributed by atoms with E-state index < -0.39 is 0 Å².